The highest BCUT2D eigenvalue weighted by Gasteiger charge is 2.40. The number of hydrogen-bond donors (Lipinski definition) is 0. The van der Waals surface area contributed by atoms with Crippen LogP contribution in [0.5, 0.6) is 0 Å². The van der Waals surface area contributed by atoms with Gasteiger partial charge in [0.2, 0.25) is 0 Å². The Kier molecular flexibility index (Phi) is 5.46. The van der Waals surface area contributed by atoms with E-state index < -0.39 is 0 Å². The molecule has 1 aliphatic carbocycles. The smallest absolute Gasteiger partial charge is 0.0723 e. The van der Waals surface area contributed by atoms with Gasteiger partial charge in [-0.2, -0.15) is 0 Å². The molecule has 0 amide bonds. The van der Waals surface area contributed by atoms with Crippen LogP contribution in [-0.4, -0.2) is 6.61 Å². The van der Waals surface area contributed by atoms with Gasteiger partial charge in [0.1, 0.15) is 0 Å². The molecule has 30 heavy (non-hydrogen) atoms. The molecule has 1 aliphatic rings. The predicted octanol–water partition coefficient (Wildman–Crippen LogP) is 7.23. The lowest BCUT2D eigenvalue weighted by molar-refractivity contribution is 0.110. The molecule has 0 bridgehead atoms. The Balaban J connectivity index is 1.28. The summed E-state index contributed by atoms with van der Waals surface area (Å²) in [5, 5.41) is 2.57. The minimum Gasteiger partial charge on any atom is -0.376 e. The van der Waals surface area contributed by atoms with Crippen LogP contribution in [0.4, 0.5) is 0 Å². The molecule has 4 aromatic carbocycles. The Morgan fingerprint density at radius 2 is 1.47 bits per heavy atom. The zero-order valence-corrected chi connectivity index (χ0v) is 17.1. The monoisotopic (exact) mass is 390 g/mol. The van der Waals surface area contributed by atoms with E-state index in [1.807, 2.05) is 0 Å². The lowest BCUT2D eigenvalue weighted by Crippen LogP contribution is -2.00. The van der Waals surface area contributed by atoms with Crippen molar-refractivity contribution < 1.29 is 4.74 Å². The molecule has 1 nitrogen and oxygen atoms in total. The Bertz CT molecular complexity index is 1140. The van der Waals surface area contributed by atoms with E-state index in [0.717, 1.165) is 6.61 Å². The summed E-state index contributed by atoms with van der Waals surface area (Å²) < 4.78 is 6.19. The molecule has 2 atom stereocenters. The van der Waals surface area contributed by atoms with Gasteiger partial charge in [0.25, 0.3) is 0 Å². The highest BCUT2D eigenvalue weighted by Crippen LogP contribution is 2.49. The number of benzene rings is 4. The van der Waals surface area contributed by atoms with Gasteiger partial charge < -0.3 is 4.74 Å². The quantitative estimate of drug-likeness (QED) is 0.302. The number of fused-ring (bicyclic) bond motifs is 1. The van der Waals surface area contributed by atoms with Crippen LogP contribution in [-0.2, 0) is 11.3 Å². The molecule has 1 heteroatoms. The van der Waals surface area contributed by atoms with E-state index in [1.165, 1.54) is 39.5 Å². The van der Waals surface area contributed by atoms with Crippen molar-refractivity contribution >= 4 is 22.4 Å². The lowest BCUT2D eigenvalue weighted by Gasteiger charge is -2.10. The Morgan fingerprint density at radius 3 is 2.30 bits per heavy atom. The van der Waals surface area contributed by atoms with Gasteiger partial charge in [0.15, 0.2) is 0 Å². The van der Waals surface area contributed by atoms with Crippen molar-refractivity contribution in [2.75, 3.05) is 6.61 Å². The third-order valence-electron chi connectivity index (χ3n) is 6.02. The highest BCUT2D eigenvalue weighted by atomic mass is 16.5. The van der Waals surface area contributed by atoms with E-state index in [9.17, 15) is 0 Å². The maximum atomic E-state index is 6.19. The standard InChI is InChI=1S/C29H26O/c1-3-10-22(11-4-1)18-28(24-12-5-2-6-13-24)29-19-26(29)21-30-20-25-16-9-15-23-14-7-8-17-27(23)25/h1-18,26,29H,19-21H2/b28-18-/t26-,29+/m1/s1. The molecule has 0 saturated heterocycles. The molecular formula is C29H26O. The van der Waals surface area contributed by atoms with E-state index in [-0.39, 0.29) is 0 Å². The van der Waals surface area contributed by atoms with Gasteiger partial charge in [0, 0.05) is 0 Å². The normalized spacial score (nSPS) is 18.5. The summed E-state index contributed by atoms with van der Waals surface area (Å²) in [6.07, 6.45) is 3.55. The number of rotatable bonds is 7. The SMILES string of the molecule is C(=C(\c1ccccc1)[C@H]1C[C@@H]1COCc1cccc2ccccc12)/c1ccccc1. The van der Waals surface area contributed by atoms with E-state index in [0.29, 0.717) is 18.4 Å². The number of allylic oxidation sites excluding steroid dienone is 1. The Morgan fingerprint density at radius 1 is 0.767 bits per heavy atom. The molecular weight excluding hydrogens is 364 g/mol. The van der Waals surface area contributed by atoms with Crippen LogP contribution in [0.1, 0.15) is 23.1 Å². The average Bonchev–Trinajstić information content (AvgIpc) is 3.58. The first-order valence-electron chi connectivity index (χ1n) is 10.7. The molecule has 5 rings (SSSR count). The first-order chi connectivity index (χ1) is 14.9. The summed E-state index contributed by atoms with van der Waals surface area (Å²) in [5.74, 6) is 1.16. The maximum absolute atomic E-state index is 6.19. The second-order valence-electron chi connectivity index (χ2n) is 8.13. The average molecular weight is 391 g/mol. The van der Waals surface area contributed by atoms with Gasteiger partial charge in [-0.25, -0.2) is 0 Å². The van der Waals surface area contributed by atoms with Crippen molar-refractivity contribution in [2.24, 2.45) is 11.8 Å². The summed E-state index contributed by atoms with van der Waals surface area (Å²) in [7, 11) is 0. The fourth-order valence-corrected chi connectivity index (χ4v) is 4.32. The maximum Gasteiger partial charge on any atom is 0.0723 e. The van der Waals surface area contributed by atoms with Crippen LogP contribution in [0.15, 0.2) is 103 Å². The van der Waals surface area contributed by atoms with Crippen molar-refractivity contribution in [3.8, 4) is 0 Å². The van der Waals surface area contributed by atoms with Crippen molar-refractivity contribution in [1.82, 2.24) is 0 Å². The van der Waals surface area contributed by atoms with Crippen LogP contribution in [0, 0.1) is 11.8 Å². The third kappa shape index (κ3) is 4.22. The van der Waals surface area contributed by atoms with Crippen LogP contribution in [0.3, 0.4) is 0 Å². The molecule has 0 N–H and O–H groups in total. The van der Waals surface area contributed by atoms with Crippen LogP contribution in [0.25, 0.3) is 22.4 Å². The largest absolute Gasteiger partial charge is 0.376 e. The lowest BCUT2D eigenvalue weighted by atomic mass is 9.97. The number of ether oxygens (including phenoxy) is 1. The van der Waals surface area contributed by atoms with Gasteiger partial charge in [-0.05, 0) is 51.3 Å². The third-order valence-corrected chi connectivity index (χ3v) is 6.02. The first-order valence-corrected chi connectivity index (χ1v) is 10.7. The Labute approximate surface area is 178 Å². The van der Waals surface area contributed by atoms with Crippen molar-refractivity contribution in [2.45, 2.75) is 13.0 Å². The van der Waals surface area contributed by atoms with Crippen LogP contribution < -0.4 is 0 Å². The molecule has 0 aliphatic heterocycles. The van der Waals surface area contributed by atoms with E-state index in [1.54, 1.807) is 0 Å². The summed E-state index contributed by atoms with van der Waals surface area (Å²) in [6.45, 7) is 1.49. The molecule has 0 aromatic heterocycles. The van der Waals surface area contributed by atoms with Gasteiger partial charge in [-0.3, -0.25) is 0 Å². The summed E-state index contributed by atoms with van der Waals surface area (Å²) >= 11 is 0. The van der Waals surface area contributed by atoms with E-state index in [2.05, 4.69) is 109 Å². The molecule has 1 saturated carbocycles. The summed E-state index contributed by atoms with van der Waals surface area (Å²) in [5.41, 5.74) is 5.29. The zero-order valence-electron chi connectivity index (χ0n) is 17.1. The molecule has 1 fully saturated rings. The van der Waals surface area contributed by atoms with Gasteiger partial charge in [0.05, 0.1) is 13.2 Å². The minimum absolute atomic E-state index is 0.570. The zero-order chi connectivity index (χ0) is 20.2. The van der Waals surface area contributed by atoms with Crippen LogP contribution in [0.2, 0.25) is 0 Å². The highest BCUT2D eigenvalue weighted by molar-refractivity contribution is 5.85. The molecule has 0 spiro atoms. The van der Waals surface area contributed by atoms with E-state index >= 15 is 0 Å². The van der Waals surface area contributed by atoms with Crippen molar-refractivity contribution in [3.63, 3.8) is 0 Å². The molecule has 4 aromatic rings. The molecule has 0 unspecified atom stereocenters. The van der Waals surface area contributed by atoms with E-state index in [4.69, 9.17) is 4.74 Å². The topological polar surface area (TPSA) is 9.23 Å². The number of hydrogen-bond acceptors (Lipinski definition) is 1. The second-order valence-corrected chi connectivity index (χ2v) is 8.13. The van der Waals surface area contributed by atoms with Crippen LogP contribution >= 0.6 is 0 Å². The first kappa shape index (κ1) is 18.8. The van der Waals surface area contributed by atoms with Gasteiger partial charge >= 0.3 is 0 Å². The van der Waals surface area contributed by atoms with Crippen molar-refractivity contribution in [1.29, 1.82) is 0 Å². The summed E-state index contributed by atoms with van der Waals surface area (Å²) in [6, 6.07) is 36.4. The molecule has 148 valence electrons. The predicted molar refractivity (Wildman–Crippen MR) is 126 cm³/mol. The molecule has 0 radical (unpaired) electrons. The molecule has 0 heterocycles. The second kappa shape index (κ2) is 8.69. The van der Waals surface area contributed by atoms with Gasteiger partial charge in [-0.1, -0.05) is 109 Å². The van der Waals surface area contributed by atoms with Gasteiger partial charge in [-0.15, -0.1) is 0 Å². The fourth-order valence-electron chi connectivity index (χ4n) is 4.32. The Hall–Kier alpha value is -3.16. The minimum atomic E-state index is 0.570. The summed E-state index contributed by atoms with van der Waals surface area (Å²) in [4.78, 5) is 0. The fraction of sp³-hybridized carbons (Fsp3) is 0.172. The van der Waals surface area contributed by atoms with Crippen molar-refractivity contribution in [3.05, 3.63) is 120 Å².